The van der Waals surface area contributed by atoms with Crippen molar-refractivity contribution in [2.75, 3.05) is 0 Å². The molecule has 0 nitrogen and oxygen atoms in total. The molecule has 98 valence electrons. The Morgan fingerprint density at radius 1 is 0.400 bits per heavy atom. The molecule has 0 unspecified atom stereocenters. The Bertz CT molecular complexity index is 529. The maximum absolute atomic E-state index is 2.23. The Hall–Kier alpha value is -1.12. The van der Waals surface area contributed by atoms with Gasteiger partial charge in [0, 0.05) is 23.7 Å². The Balaban J connectivity index is 0.00000147. The van der Waals surface area contributed by atoms with Gasteiger partial charge in [-0.2, -0.15) is 0 Å². The van der Waals surface area contributed by atoms with Crippen molar-refractivity contribution in [1.82, 2.24) is 0 Å². The standard InChI is InChI=1S/C18H15P.Te/c1-4-10-16(11-5-1)19(17-12-6-2-7-13-17)18-14-8-3-9-15-18;/h1-15H;. The quantitative estimate of drug-likeness (QED) is 0.477. The minimum absolute atomic E-state index is 0. The third kappa shape index (κ3) is 3.50. The number of hydrogen-bond donors (Lipinski definition) is 0. The molecule has 0 heterocycles. The number of hydrogen-bond acceptors (Lipinski definition) is 0. The molecule has 3 rings (SSSR count). The minimum atomic E-state index is -0.446. The van der Waals surface area contributed by atoms with Gasteiger partial charge in [-0.15, -0.1) is 0 Å². The van der Waals surface area contributed by atoms with Crippen molar-refractivity contribution in [3.05, 3.63) is 91.0 Å². The van der Waals surface area contributed by atoms with E-state index in [4.69, 9.17) is 0 Å². The summed E-state index contributed by atoms with van der Waals surface area (Å²) in [4.78, 5) is 0. The summed E-state index contributed by atoms with van der Waals surface area (Å²) in [6.07, 6.45) is 0. The van der Waals surface area contributed by atoms with E-state index in [1.54, 1.807) is 0 Å². The first kappa shape index (κ1) is 15.3. The van der Waals surface area contributed by atoms with Crippen LogP contribution in [0.2, 0.25) is 0 Å². The first-order chi connectivity index (χ1) is 9.45. The van der Waals surface area contributed by atoms with Crippen LogP contribution in [0.1, 0.15) is 0 Å². The monoisotopic (exact) mass is 392 g/mol. The van der Waals surface area contributed by atoms with Crippen molar-refractivity contribution < 1.29 is 0 Å². The van der Waals surface area contributed by atoms with Crippen LogP contribution >= 0.6 is 7.92 Å². The Morgan fingerprint density at radius 2 is 0.650 bits per heavy atom. The third-order valence-corrected chi connectivity index (χ3v) is 5.49. The minimum Gasteiger partial charge on any atom is -0.0622 e. The molecule has 0 saturated carbocycles. The molecule has 0 spiro atoms. The Kier molecular flexibility index (Phi) is 5.81. The van der Waals surface area contributed by atoms with E-state index in [1.165, 1.54) is 15.9 Å². The molecular formula is C18H15PTe. The first-order valence-electron chi connectivity index (χ1n) is 6.40. The topological polar surface area (TPSA) is 0 Å². The van der Waals surface area contributed by atoms with E-state index in [2.05, 4.69) is 91.0 Å². The van der Waals surface area contributed by atoms with Crippen LogP contribution < -0.4 is 15.9 Å². The van der Waals surface area contributed by atoms with Crippen molar-refractivity contribution in [3.8, 4) is 0 Å². The Morgan fingerprint density at radius 3 is 0.900 bits per heavy atom. The molecule has 0 amide bonds. The zero-order valence-electron chi connectivity index (χ0n) is 11.0. The predicted molar refractivity (Wildman–Crippen MR) is 90.9 cm³/mol. The van der Waals surface area contributed by atoms with Crippen LogP contribution in [-0.2, 0) is 0 Å². The second kappa shape index (κ2) is 7.61. The average molecular weight is 390 g/mol. The van der Waals surface area contributed by atoms with Gasteiger partial charge in [0.05, 0.1) is 0 Å². The molecule has 0 bridgehead atoms. The van der Waals surface area contributed by atoms with E-state index in [0.717, 1.165) is 0 Å². The van der Waals surface area contributed by atoms with Crippen molar-refractivity contribution in [1.29, 1.82) is 0 Å². The van der Waals surface area contributed by atoms with Gasteiger partial charge in [0.1, 0.15) is 0 Å². The van der Waals surface area contributed by atoms with Crippen LogP contribution in [0.5, 0.6) is 0 Å². The summed E-state index contributed by atoms with van der Waals surface area (Å²) in [6.45, 7) is 0. The van der Waals surface area contributed by atoms with Gasteiger partial charge in [0.15, 0.2) is 0 Å². The third-order valence-electron chi connectivity index (χ3n) is 3.04. The molecule has 0 aliphatic carbocycles. The molecule has 2 heteroatoms. The van der Waals surface area contributed by atoms with Gasteiger partial charge in [-0.05, 0) is 23.8 Å². The van der Waals surface area contributed by atoms with Crippen LogP contribution in [0, 0.1) is 0 Å². The zero-order chi connectivity index (χ0) is 12.9. The van der Waals surface area contributed by atoms with Crippen LogP contribution in [0.15, 0.2) is 91.0 Å². The first-order valence-corrected chi connectivity index (χ1v) is 7.74. The van der Waals surface area contributed by atoms with Crippen LogP contribution in [-0.4, -0.2) is 23.7 Å². The normalized spacial score (nSPS) is 10.1. The van der Waals surface area contributed by atoms with Crippen molar-refractivity contribution >= 4 is 47.5 Å². The number of benzene rings is 3. The maximum Gasteiger partial charge on any atom is 0 e. The van der Waals surface area contributed by atoms with Crippen molar-refractivity contribution in [3.63, 3.8) is 0 Å². The second-order valence-corrected chi connectivity index (χ2v) is 6.56. The average Bonchev–Trinajstić information content (AvgIpc) is 2.51. The summed E-state index contributed by atoms with van der Waals surface area (Å²) in [6, 6.07) is 32.3. The van der Waals surface area contributed by atoms with E-state index < -0.39 is 7.92 Å². The van der Waals surface area contributed by atoms with Gasteiger partial charge in [-0.3, -0.25) is 0 Å². The van der Waals surface area contributed by atoms with Gasteiger partial charge in [0.2, 0.25) is 0 Å². The summed E-state index contributed by atoms with van der Waals surface area (Å²) in [7, 11) is -0.446. The summed E-state index contributed by atoms with van der Waals surface area (Å²) < 4.78 is 0. The van der Waals surface area contributed by atoms with Crippen LogP contribution in [0.4, 0.5) is 0 Å². The molecule has 3 aromatic rings. The summed E-state index contributed by atoms with van der Waals surface area (Å²) in [5, 5.41) is 4.19. The molecule has 2 radical (unpaired) electrons. The zero-order valence-corrected chi connectivity index (χ0v) is 14.2. The fourth-order valence-corrected chi connectivity index (χ4v) is 4.48. The molecular weight excluding hydrogens is 375 g/mol. The van der Waals surface area contributed by atoms with E-state index in [-0.39, 0.29) is 23.7 Å². The largest absolute Gasteiger partial charge is 0.0622 e. The molecule has 0 fully saturated rings. The van der Waals surface area contributed by atoms with E-state index >= 15 is 0 Å². The smallest absolute Gasteiger partial charge is 0 e. The SMILES string of the molecule is [Te].c1ccc(P(c2ccccc2)c2ccccc2)cc1. The van der Waals surface area contributed by atoms with Gasteiger partial charge in [0.25, 0.3) is 0 Å². The van der Waals surface area contributed by atoms with Crippen LogP contribution in [0.25, 0.3) is 0 Å². The van der Waals surface area contributed by atoms with Crippen molar-refractivity contribution in [2.45, 2.75) is 0 Å². The number of rotatable bonds is 3. The maximum atomic E-state index is 2.23. The van der Waals surface area contributed by atoms with Gasteiger partial charge in [-0.25, -0.2) is 0 Å². The van der Waals surface area contributed by atoms with Crippen molar-refractivity contribution in [2.24, 2.45) is 0 Å². The molecule has 0 aromatic heterocycles. The van der Waals surface area contributed by atoms with Crippen LogP contribution in [0.3, 0.4) is 0 Å². The predicted octanol–water partition coefficient (Wildman–Crippen LogP) is 3.06. The fraction of sp³-hybridized carbons (Fsp3) is 0. The molecule has 0 N–H and O–H groups in total. The van der Waals surface area contributed by atoms with Gasteiger partial charge >= 0.3 is 0 Å². The molecule has 3 aromatic carbocycles. The van der Waals surface area contributed by atoms with E-state index in [1.807, 2.05) is 0 Å². The molecule has 0 atom stereocenters. The molecule has 20 heavy (non-hydrogen) atoms. The molecule has 0 aliphatic rings. The summed E-state index contributed by atoms with van der Waals surface area (Å²) in [5.74, 6) is 0. The fourth-order valence-electron chi connectivity index (χ4n) is 2.18. The van der Waals surface area contributed by atoms with Gasteiger partial charge in [-0.1, -0.05) is 91.0 Å². The molecule has 0 aliphatic heterocycles. The second-order valence-electron chi connectivity index (χ2n) is 4.34. The molecule has 0 saturated heterocycles. The summed E-state index contributed by atoms with van der Waals surface area (Å²) >= 11 is 0. The van der Waals surface area contributed by atoms with Gasteiger partial charge < -0.3 is 0 Å². The Labute approximate surface area is 138 Å². The van der Waals surface area contributed by atoms with E-state index in [0.29, 0.717) is 0 Å². The summed E-state index contributed by atoms with van der Waals surface area (Å²) in [5.41, 5.74) is 0. The van der Waals surface area contributed by atoms with E-state index in [9.17, 15) is 0 Å².